The number of nitro groups is 1. The standard InChI is InChI=1S/C11H12N6O3/c12-4-9-6-16(15-14-9)5-8-2-1-7(11(13)18)3-10(8)17(19)20/h1-3,6H,4-5,12H2,(H2,13,18). The lowest BCUT2D eigenvalue weighted by molar-refractivity contribution is -0.385. The third-order valence-corrected chi connectivity index (χ3v) is 2.69. The summed E-state index contributed by atoms with van der Waals surface area (Å²) in [6, 6.07) is 4.06. The van der Waals surface area contributed by atoms with Crippen LogP contribution in [-0.4, -0.2) is 25.8 Å². The van der Waals surface area contributed by atoms with Gasteiger partial charge in [-0.2, -0.15) is 0 Å². The molecule has 2 rings (SSSR count). The third-order valence-electron chi connectivity index (χ3n) is 2.69. The van der Waals surface area contributed by atoms with Crippen molar-refractivity contribution in [2.45, 2.75) is 13.1 Å². The van der Waals surface area contributed by atoms with E-state index in [1.54, 1.807) is 6.20 Å². The van der Waals surface area contributed by atoms with Crippen LogP contribution in [0.2, 0.25) is 0 Å². The molecule has 20 heavy (non-hydrogen) atoms. The number of rotatable bonds is 5. The first-order valence-electron chi connectivity index (χ1n) is 5.67. The van der Waals surface area contributed by atoms with E-state index in [1.807, 2.05) is 0 Å². The van der Waals surface area contributed by atoms with Gasteiger partial charge in [0.25, 0.3) is 5.69 Å². The number of aromatic nitrogens is 3. The second-order valence-corrected chi connectivity index (χ2v) is 4.08. The molecule has 0 spiro atoms. The monoisotopic (exact) mass is 276 g/mol. The van der Waals surface area contributed by atoms with Crippen LogP contribution >= 0.6 is 0 Å². The maximum Gasteiger partial charge on any atom is 0.275 e. The summed E-state index contributed by atoms with van der Waals surface area (Å²) in [6.07, 6.45) is 1.60. The largest absolute Gasteiger partial charge is 0.366 e. The number of nitrogens with two attached hydrogens (primary N) is 2. The quantitative estimate of drug-likeness (QED) is 0.571. The molecule has 0 aliphatic carbocycles. The summed E-state index contributed by atoms with van der Waals surface area (Å²) in [4.78, 5) is 21.5. The molecule has 0 aliphatic heterocycles. The van der Waals surface area contributed by atoms with Crippen molar-refractivity contribution >= 4 is 11.6 Å². The van der Waals surface area contributed by atoms with E-state index < -0.39 is 10.8 Å². The van der Waals surface area contributed by atoms with Crippen LogP contribution in [0.1, 0.15) is 21.6 Å². The fraction of sp³-hybridized carbons (Fsp3) is 0.182. The molecule has 1 aromatic heterocycles. The summed E-state index contributed by atoms with van der Waals surface area (Å²) in [5, 5.41) is 18.6. The fourth-order valence-corrected chi connectivity index (χ4v) is 1.70. The molecular weight excluding hydrogens is 264 g/mol. The third kappa shape index (κ3) is 2.78. The van der Waals surface area contributed by atoms with Crippen LogP contribution < -0.4 is 11.5 Å². The zero-order chi connectivity index (χ0) is 14.7. The van der Waals surface area contributed by atoms with Crippen molar-refractivity contribution in [2.75, 3.05) is 0 Å². The number of nitro benzene ring substituents is 1. The lowest BCUT2D eigenvalue weighted by Gasteiger charge is -2.04. The molecule has 0 aliphatic rings. The lowest BCUT2D eigenvalue weighted by Crippen LogP contribution is -2.12. The number of primary amides is 1. The van der Waals surface area contributed by atoms with Gasteiger partial charge in [0.2, 0.25) is 5.91 Å². The molecule has 2 aromatic rings. The molecule has 9 heteroatoms. The summed E-state index contributed by atoms with van der Waals surface area (Å²) < 4.78 is 1.44. The average molecular weight is 276 g/mol. The van der Waals surface area contributed by atoms with E-state index in [1.165, 1.54) is 16.8 Å². The van der Waals surface area contributed by atoms with Crippen molar-refractivity contribution in [2.24, 2.45) is 11.5 Å². The summed E-state index contributed by atoms with van der Waals surface area (Å²) in [6.45, 7) is 0.394. The molecule has 0 saturated carbocycles. The number of hydrogen-bond donors (Lipinski definition) is 2. The number of carbonyl (C=O) groups excluding carboxylic acids is 1. The molecule has 4 N–H and O–H groups in total. The first kappa shape index (κ1) is 13.6. The Kier molecular flexibility index (Phi) is 3.71. The normalized spacial score (nSPS) is 10.4. The molecule has 0 bridgehead atoms. The van der Waals surface area contributed by atoms with Crippen LogP contribution in [0.3, 0.4) is 0 Å². The van der Waals surface area contributed by atoms with Gasteiger partial charge in [-0.3, -0.25) is 14.9 Å². The maximum absolute atomic E-state index is 11.0. The van der Waals surface area contributed by atoms with Crippen LogP contribution in [-0.2, 0) is 13.1 Å². The van der Waals surface area contributed by atoms with Gasteiger partial charge in [0.1, 0.15) is 0 Å². The van der Waals surface area contributed by atoms with E-state index in [0.717, 1.165) is 6.07 Å². The van der Waals surface area contributed by atoms with E-state index in [9.17, 15) is 14.9 Å². The van der Waals surface area contributed by atoms with Gasteiger partial charge in [-0.1, -0.05) is 5.21 Å². The van der Waals surface area contributed by atoms with Gasteiger partial charge in [-0.05, 0) is 12.1 Å². The Morgan fingerprint density at radius 1 is 1.45 bits per heavy atom. The Morgan fingerprint density at radius 2 is 2.20 bits per heavy atom. The van der Waals surface area contributed by atoms with Crippen LogP contribution in [0.15, 0.2) is 24.4 Å². The van der Waals surface area contributed by atoms with E-state index >= 15 is 0 Å². The van der Waals surface area contributed by atoms with Crippen LogP contribution in [0.5, 0.6) is 0 Å². The Hall–Kier alpha value is -2.81. The summed E-state index contributed by atoms with van der Waals surface area (Å²) in [5.41, 5.74) is 11.4. The molecule has 0 unspecified atom stereocenters. The molecule has 0 saturated heterocycles. The topological polar surface area (TPSA) is 143 Å². The lowest BCUT2D eigenvalue weighted by atomic mass is 10.1. The molecule has 1 heterocycles. The Morgan fingerprint density at radius 3 is 2.75 bits per heavy atom. The van der Waals surface area contributed by atoms with Crippen molar-refractivity contribution in [3.63, 3.8) is 0 Å². The minimum atomic E-state index is -0.717. The zero-order valence-electron chi connectivity index (χ0n) is 10.4. The molecule has 9 nitrogen and oxygen atoms in total. The number of carbonyl (C=O) groups is 1. The van der Waals surface area contributed by atoms with Crippen LogP contribution in [0.25, 0.3) is 0 Å². The zero-order valence-corrected chi connectivity index (χ0v) is 10.4. The molecule has 0 atom stereocenters. The molecule has 104 valence electrons. The van der Waals surface area contributed by atoms with Crippen molar-refractivity contribution in [1.82, 2.24) is 15.0 Å². The second kappa shape index (κ2) is 5.45. The minimum absolute atomic E-state index is 0.0849. The first-order valence-corrected chi connectivity index (χ1v) is 5.67. The molecule has 1 aromatic carbocycles. The van der Waals surface area contributed by atoms with Gasteiger partial charge >= 0.3 is 0 Å². The van der Waals surface area contributed by atoms with E-state index in [0.29, 0.717) is 11.3 Å². The van der Waals surface area contributed by atoms with E-state index in [4.69, 9.17) is 11.5 Å². The molecule has 0 radical (unpaired) electrons. The Bertz CT molecular complexity index is 666. The summed E-state index contributed by atoms with van der Waals surface area (Å²) in [7, 11) is 0. The van der Waals surface area contributed by atoms with Crippen molar-refractivity contribution < 1.29 is 9.72 Å². The first-order chi connectivity index (χ1) is 9.51. The second-order valence-electron chi connectivity index (χ2n) is 4.08. The maximum atomic E-state index is 11.0. The van der Waals surface area contributed by atoms with E-state index in [-0.39, 0.29) is 24.3 Å². The smallest absolute Gasteiger partial charge is 0.275 e. The van der Waals surface area contributed by atoms with Crippen molar-refractivity contribution in [1.29, 1.82) is 0 Å². The Balaban J connectivity index is 2.35. The van der Waals surface area contributed by atoms with E-state index in [2.05, 4.69) is 10.3 Å². The summed E-state index contributed by atoms with van der Waals surface area (Å²) in [5.74, 6) is -0.717. The minimum Gasteiger partial charge on any atom is -0.366 e. The Labute approximate surface area is 113 Å². The van der Waals surface area contributed by atoms with Gasteiger partial charge in [0.15, 0.2) is 0 Å². The van der Waals surface area contributed by atoms with Crippen molar-refractivity contribution in [3.05, 3.63) is 51.3 Å². The highest BCUT2D eigenvalue weighted by Crippen LogP contribution is 2.21. The van der Waals surface area contributed by atoms with Gasteiger partial charge in [0.05, 0.1) is 28.9 Å². The van der Waals surface area contributed by atoms with Gasteiger partial charge in [-0.15, -0.1) is 5.10 Å². The number of amides is 1. The summed E-state index contributed by atoms with van der Waals surface area (Å²) >= 11 is 0. The van der Waals surface area contributed by atoms with Crippen LogP contribution in [0, 0.1) is 10.1 Å². The van der Waals surface area contributed by atoms with Crippen LogP contribution in [0.4, 0.5) is 5.69 Å². The van der Waals surface area contributed by atoms with Gasteiger partial charge in [0, 0.05) is 18.2 Å². The molecule has 1 amide bonds. The predicted molar refractivity (Wildman–Crippen MR) is 68.6 cm³/mol. The SMILES string of the molecule is NCc1cn(Cc2ccc(C(N)=O)cc2[N+](=O)[O-])nn1. The molecule has 0 fully saturated rings. The fourth-order valence-electron chi connectivity index (χ4n) is 1.70. The number of nitrogens with zero attached hydrogens (tertiary/aromatic N) is 4. The number of hydrogen-bond acceptors (Lipinski definition) is 6. The molecular formula is C11H12N6O3. The average Bonchev–Trinajstić information content (AvgIpc) is 2.86. The van der Waals surface area contributed by atoms with Gasteiger partial charge < -0.3 is 11.5 Å². The number of benzene rings is 1. The highest BCUT2D eigenvalue weighted by molar-refractivity contribution is 5.93. The predicted octanol–water partition coefficient (Wildman–Crippen LogP) is -0.208. The van der Waals surface area contributed by atoms with Crippen molar-refractivity contribution in [3.8, 4) is 0 Å². The highest BCUT2D eigenvalue weighted by atomic mass is 16.6. The highest BCUT2D eigenvalue weighted by Gasteiger charge is 2.17. The van der Waals surface area contributed by atoms with Gasteiger partial charge in [-0.25, -0.2) is 4.68 Å².